The van der Waals surface area contributed by atoms with Gasteiger partial charge in [-0.1, -0.05) is 6.92 Å². The quantitative estimate of drug-likeness (QED) is 0.703. The van der Waals surface area contributed by atoms with Gasteiger partial charge in [-0.15, -0.1) is 11.3 Å². The van der Waals surface area contributed by atoms with Gasteiger partial charge in [0.1, 0.15) is 16.9 Å². The van der Waals surface area contributed by atoms with Crippen molar-refractivity contribution in [2.45, 2.75) is 70.4 Å². The van der Waals surface area contributed by atoms with Gasteiger partial charge in [0, 0.05) is 4.88 Å². The van der Waals surface area contributed by atoms with Crippen LogP contribution in [0.25, 0.3) is 10.2 Å². The Morgan fingerprint density at radius 1 is 1.26 bits per heavy atom. The lowest BCUT2D eigenvalue weighted by Gasteiger charge is -2.33. The predicted octanol–water partition coefficient (Wildman–Crippen LogP) is 1.87. The third kappa shape index (κ3) is 3.33. The Bertz CT molecular complexity index is 1140. The first-order valence-electron chi connectivity index (χ1n) is 10.8. The molecule has 0 unspecified atom stereocenters. The summed E-state index contributed by atoms with van der Waals surface area (Å²) in [4.78, 5) is 57.2. The zero-order chi connectivity index (χ0) is 21.8. The number of aromatic nitrogens is 2. The van der Waals surface area contributed by atoms with E-state index in [2.05, 4.69) is 22.7 Å². The van der Waals surface area contributed by atoms with E-state index in [0.717, 1.165) is 49.1 Å². The highest BCUT2D eigenvalue weighted by molar-refractivity contribution is 7.18. The number of nitrogens with one attached hydrogen (secondary N) is 2. The zero-order valence-electron chi connectivity index (χ0n) is 17.4. The number of carbonyl (C=O) groups excluding carboxylic acids is 3. The second-order valence-electron chi connectivity index (χ2n) is 8.94. The van der Waals surface area contributed by atoms with Gasteiger partial charge in [0.2, 0.25) is 0 Å². The maximum atomic E-state index is 13.0. The molecule has 3 heterocycles. The van der Waals surface area contributed by atoms with Crippen molar-refractivity contribution in [2.24, 2.45) is 5.92 Å². The summed E-state index contributed by atoms with van der Waals surface area (Å²) in [7, 11) is 0. The molecule has 2 N–H and O–H groups in total. The number of carbonyl (C=O) groups is 3. The summed E-state index contributed by atoms with van der Waals surface area (Å²) in [5, 5.41) is 4.13. The topological polar surface area (TPSA) is 113 Å². The summed E-state index contributed by atoms with van der Waals surface area (Å²) in [5.74, 6) is -0.529. The Labute approximate surface area is 182 Å². The van der Waals surface area contributed by atoms with Gasteiger partial charge in [-0.05, 0) is 62.8 Å². The zero-order valence-corrected chi connectivity index (χ0v) is 18.2. The molecule has 0 atom stereocenters. The molecule has 164 valence electrons. The van der Waals surface area contributed by atoms with E-state index in [-0.39, 0.29) is 12.1 Å². The molecular weight excluding hydrogens is 418 g/mol. The van der Waals surface area contributed by atoms with Crippen LogP contribution in [0.5, 0.6) is 0 Å². The minimum absolute atomic E-state index is 0.255. The highest BCUT2D eigenvalue weighted by Crippen LogP contribution is 2.36. The first-order valence-corrected chi connectivity index (χ1v) is 11.7. The first-order chi connectivity index (χ1) is 14.9. The fourth-order valence-electron chi connectivity index (χ4n) is 4.92. The van der Waals surface area contributed by atoms with Gasteiger partial charge in [0.05, 0.1) is 11.7 Å². The number of thiophene rings is 1. The van der Waals surface area contributed by atoms with Crippen LogP contribution in [-0.2, 0) is 29.0 Å². The number of fused-ring (bicyclic) bond motifs is 3. The standard InChI is InChI=1S/C21H25N5O4S/c1-12-6-8-21(9-7-12)19(29)26(20(30)23-21)24-15(27)10-25-11-22-17-16(18(25)28)13-4-2-3-5-14(13)31-17/h11-12H,2-10H2,1H3,(H,23,30)(H,24,27). The van der Waals surface area contributed by atoms with Gasteiger partial charge in [0.25, 0.3) is 17.4 Å². The molecule has 1 aliphatic heterocycles. The molecule has 0 aromatic carbocycles. The van der Waals surface area contributed by atoms with Crippen molar-refractivity contribution in [1.82, 2.24) is 25.3 Å². The van der Waals surface area contributed by atoms with Crippen molar-refractivity contribution in [2.75, 3.05) is 0 Å². The van der Waals surface area contributed by atoms with Crippen LogP contribution in [0.2, 0.25) is 0 Å². The Morgan fingerprint density at radius 3 is 2.77 bits per heavy atom. The molecule has 31 heavy (non-hydrogen) atoms. The molecule has 2 aromatic heterocycles. The predicted molar refractivity (Wildman–Crippen MR) is 114 cm³/mol. The van der Waals surface area contributed by atoms with Gasteiger partial charge in [0.15, 0.2) is 0 Å². The highest BCUT2D eigenvalue weighted by Gasteiger charge is 2.52. The smallest absolute Gasteiger partial charge is 0.322 e. The number of amides is 4. The number of imide groups is 1. The summed E-state index contributed by atoms with van der Waals surface area (Å²) in [6, 6.07) is -0.624. The van der Waals surface area contributed by atoms with Gasteiger partial charge in [-0.2, -0.15) is 5.01 Å². The maximum Gasteiger partial charge on any atom is 0.344 e. The van der Waals surface area contributed by atoms with Gasteiger partial charge in [-0.3, -0.25) is 24.4 Å². The number of urea groups is 1. The van der Waals surface area contributed by atoms with Crippen LogP contribution in [-0.4, -0.2) is 37.9 Å². The number of rotatable bonds is 3. The molecule has 1 spiro atoms. The lowest BCUT2D eigenvalue weighted by atomic mass is 9.77. The van der Waals surface area contributed by atoms with Gasteiger partial charge in [-0.25, -0.2) is 9.78 Å². The Balaban J connectivity index is 1.33. The Morgan fingerprint density at radius 2 is 2.00 bits per heavy atom. The molecule has 2 fully saturated rings. The minimum Gasteiger partial charge on any atom is -0.322 e. The lowest BCUT2D eigenvalue weighted by molar-refractivity contribution is -0.140. The van der Waals surface area contributed by atoms with Gasteiger partial charge < -0.3 is 5.32 Å². The van der Waals surface area contributed by atoms with Crippen LogP contribution >= 0.6 is 11.3 Å². The van der Waals surface area contributed by atoms with Crippen LogP contribution in [0.1, 0.15) is 55.9 Å². The molecule has 1 saturated carbocycles. The molecule has 5 rings (SSSR count). The van der Waals surface area contributed by atoms with Crippen LogP contribution < -0.4 is 16.3 Å². The maximum absolute atomic E-state index is 13.0. The van der Waals surface area contributed by atoms with Crippen molar-refractivity contribution >= 4 is 39.4 Å². The number of hydrogen-bond donors (Lipinski definition) is 2. The molecule has 9 nitrogen and oxygen atoms in total. The van der Waals surface area contributed by atoms with Crippen molar-refractivity contribution in [1.29, 1.82) is 0 Å². The van der Waals surface area contributed by atoms with Crippen molar-refractivity contribution < 1.29 is 14.4 Å². The third-order valence-corrected chi connectivity index (χ3v) is 7.98. The molecule has 2 aromatic rings. The SMILES string of the molecule is CC1CCC2(CC1)NC(=O)N(NC(=O)Cn1cnc3sc4c(c3c1=O)CCCC4)C2=O. The number of hydrogen-bond acceptors (Lipinski definition) is 6. The summed E-state index contributed by atoms with van der Waals surface area (Å²) < 4.78 is 1.25. The largest absolute Gasteiger partial charge is 0.344 e. The molecule has 1 saturated heterocycles. The number of hydrazine groups is 1. The molecule has 10 heteroatoms. The van der Waals surface area contributed by atoms with E-state index in [1.165, 1.54) is 15.8 Å². The summed E-state index contributed by atoms with van der Waals surface area (Å²) in [6.45, 7) is 1.81. The van der Waals surface area contributed by atoms with E-state index in [1.54, 1.807) is 11.3 Å². The third-order valence-electron chi connectivity index (χ3n) is 6.78. The van der Waals surface area contributed by atoms with Crippen molar-refractivity contribution in [3.05, 3.63) is 27.1 Å². The van der Waals surface area contributed by atoms with E-state index in [1.807, 2.05) is 0 Å². The highest BCUT2D eigenvalue weighted by atomic mass is 32.1. The summed E-state index contributed by atoms with van der Waals surface area (Å²) in [6.07, 6.45) is 8.16. The van der Waals surface area contributed by atoms with Crippen molar-refractivity contribution in [3.8, 4) is 0 Å². The van der Waals surface area contributed by atoms with Crippen LogP contribution in [0, 0.1) is 5.92 Å². The molecule has 4 amide bonds. The average Bonchev–Trinajstić information content (AvgIpc) is 3.24. The van der Waals surface area contributed by atoms with Crippen molar-refractivity contribution in [3.63, 3.8) is 0 Å². The average molecular weight is 444 g/mol. The normalized spacial score (nSPS) is 25.7. The minimum atomic E-state index is -0.927. The second kappa shape index (κ2) is 7.44. The fraction of sp³-hybridized carbons (Fsp3) is 0.571. The monoisotopic (exact) mass is 443 g/mol. The van der Waals surface area contributed by atoms with Crippen LogP contribution in [0.3, 0.4) is 0 Å². The molecule has 0 bridgehead atoms. The molecule has 2 aliphatic carbocycles. The van der Waals surface area contributed by atoms with E-state index >= 15 is 0 Å². The second-order valence-corrected chi connectivity index (χ2v) is 10.0. The Hall–Kier alpha value is -2.75. The van der Waals surface area contributed by atoms with Crippen LogP contribution in [0.15, 0.2) is 11.1 Å². The van der Waals surface area contributed by atoms with E-state index < -0.39 is 23.4 Å². The lowest BCUT2D eigenvalue weighted by Crippen LogP contribution is -2.52. The molecule has 3 aliphatic rings. The van der Waals surface area contributed by atoms with Crippen LogP contribution in [0.4, 0.5) is 4.79 Å². The summed E-state index contributed by atoms with van der Waals surface area (Å²) in [5.41, 5.74) is 2.26. The molecular formula is C21H25N5O4S. The molecule has 0 radical (unpaired) electrons. The van der Waals surface area contributed by atoms with E-state index in [0.29, 0.717) is 29.0 Å². The summed E-state index contributed by atoms with van der Waals surface area (Å²) >= 11 is 1.55. The Kier molecular flexibility index (Phi) is 4.84. The van der Waals surface area contributed by atoms with E-state index in [4.69, 9.17) is 0 Å². The van der Waals surface area contributed by atoms with E-state index in [9.17, 15) is 19.2 Å². The first kappa shape index (κ1) is 20.2. The fourth-order valence-corrected chi connectivity index (χ4v) is 6.14. The number of nitrogens with zero attached hydrogens (tertiary/aromatic N) is 3. The van der Waals surface area contributed by atoms with Gasteiger partial charge >= 0.3 is 6.03 Å². The number of aryl methyl sites for hydroxylation is 2.